The van der Waals surface area contributed by atoms with E-state index in [0.717, 1.165) is 0 Å². The molecular weight excluding hydrogens is 76.1 g/mol. The van der Waals surface area contributed by atoms with Crippen LogP contribution in [0.2, 0.25) is 0 Å². The Labute approximate surface area is 44.1 Å². The van der Waals surface area contributed by atoms with Crippen LogP contribution in [-0.4, -0.2) is 6.14 Å². The first-order valence-electron chi connectivity index (χ1n) is 3.77. The van der Waals surface area contributed by atoms with Crippen molar-refractivity contribution in [3.63, 3.8) is 0 Å². The molecule has 0 bridgehead atoms. The molecule has 0 aromatic heterocycles. The molecule has 0 aromatic carbocycles. The van der Waals surface area contributed by atoms with E-state index in [1.54, 1.807) is 0 Å². The van der Waals surface area contributed by atoms with Gasteiger partial charge in [0, 0.05) is 4.11 Å². The van der Waals surface area contributed by atoms with Crippen molar-refractivity contribution in [2.75, 3.05) is 0 Å². The second-order valence-electron chi connectivity index (χ2n) is 0.888. The summed E-state index contributed by atoms with van der Waals surface area (Å²) in [4.78, 5) is 0. The summed E-state index contributed by atoms with van der Waals surface area (Å²) in [5.74, 6) is 0. The molecule has 0 aliphatic heterocycles. The standard InChI is InChI=1S/C4H12N2/c1-2-3-4(5)6/h4H,2-3,5-6H2,1H3/i2D,3D2,4D. The lowest BCUT2D eigenvalue weighted by atomic mass is 10.3. The first kappa shape index (κ1) is 1.80. The van der Waals surface area contributed by atoms with E-state index >= 15 is 0 Å². The number of hydrogen-bond donors (Lipinski definition) is 2. The van der Waals surface area contributed by atoms with E-state index in [-0.39, 0.29) is 0 Å². The van der Waals surface area contributed by atoms with Gasteiger partial charge in [0.2, 0.25) is 0 Å². The fraction of sp³-hybridized carbons (Fsp3) is 1.00. The first-order valence-corrected chi connectivity index (χ1v) is 1.69. The van der Waals surface area contributed by atoms with Crippen molar-refractivity contribution in [1.29, 1.82) is 0 Å². The molecule has 6 heavy (non-hydrogen) atoms. The van der Waals surface area contributed by atoms with Crippen LogP contribution < -0.4 is 11.5 Å². The van der Waals surface area contributed by atoms with Gasteiger partial charge in [-0.3, -0.25) is 0 Å². The number of hydrogen-bond acceptors (Lipinski definition) is 2. The molecule has 38 valence electrons. The molecule has 0 fully saturated rings. The van der Waals surface area contributed by atoms with E-state index in [9.17, 15) is 0 Å². The van der Waals surface area contributed by atoms with E-state index in [4.69, 9.17) is 17.0 Å². The van der Waals surface area contributed by atoms with Crippen molar-refractivity contribution >= 4 is 0 Å². The molecule has 0 spiro atoms. The van der Waals surface area contributed by atoms with Gasteiger partial charge in [0.05, 0.1) is 7.51 Å². The maximum absolute atomic E-state index is 7.07. The molecular formula is C4H12N2. The van der Waals surface area contributed by atoms with Crippen LogP contribution in [-0.2, 0) is 0 Å². The fourth-order valence-electron chi connectivity index (χ4n) is 0.167. The Balaban J connectivity index is 4.40. The Morgan fingerprint density at radius 1 is 2.00 bits per heavy atom. The summed E-state index contributed by atoms with van der Waals surface area (Å²) >= 11 is 0. The minimum absolute atomic E-state index is 1.10. The minimum atomic E-state index is -2.19. The summed E-state index contributed by atoms with van der Waals surface area (Å²) in [7, 11) is 0. The molecule has 0 saturated heterocycles. The summed E-state index contributed by atoms with van der Waals surface area (Å²) in [6, 6.07) is 0. The van der Waals surface area contributed by atoms with Gasteiger partial charge < -0.3 is 11.5 Å². The highest BCUT2D eigenvalue weighted by molar-refractivity contribution is 4.45. The van der Waals surface area contributed by atoms with Crippen LogP contribution >= 0.6 is 0 Å². The van der Waals surface area contributed by atoms with E-state index in [0.29, 0.717) is 0 Å². The van der Waals surface area contributed by atoms with Crippen LogP contribution in [0.4, 0.5) is 0 Å². The molecule has 4 N–H and O–H groups in total. The van der Waals surface area contributed by atoms with Crippen LogP contribution in [0, 0.1) is 0 Å². The summed E-state index contributed by atoms with van der Waals surface area (Å²) in [6.45, 7) is 1.31. The fourth-order valence-corrected chi connectivity index (χ4v) is 0.167. The quantitative estimate of drug-likeness (QED) is 0.472. The Kier molecular flexibility index (Phi) is 0.938. The first-order chi connectivity index (χ1) is 4.19. The molecule has 1 unspecified atom stereocenters. The lowest BCUT2D eigenvalue weighted by molar-refractivity contribution is 0.627. The Morgan fingerprint density at radius 2 is 2.50 bits per heavy atom. The van der Waals surface area contributed by atoms with E-state index in [1.165, 1.54) is 6.92 Å². The molecule has 2 nitrogen and oxygen atoms in total. The van der Waals surface area contributed by atoms with Crippen molar-refractivity contribution in [1.82, 2.24) is 0 Å². The van der Waals surface area contributed by atoms with Crippen molar-refractivity contribution in [3.05, 3.63) is 0 Å². The molecule has 1 atom stereocenters. The average Bonchev–Trinajstić information content (AvgIpc) is 1.62. The average molecular weight is 92.2 g/mol. The number of nitrogens with two attached hydrogens (primary N) is 2. The van der Waals surface area contributed by atoms with Gasteiger partial charge in [0.15, 0.2) is 0 Å². The van der Waals surface area contributed by atoms with Crippen LogP contribution in [0.1, 0.15) is 25.2 Å². The minimum Gasteiger partial charge on any atom is -0.316 e. The highest BCUT2D eigenvalue weighted by Crippen LogP contribution is 1.82. The third kappa shape index (κ3) is 3.92. The zero-order chi connectivity index (χ0) is 8.58. The molecule has 0 heterocycles. The summed E-state index contributed by atoms with van der Waals surface area (Å²) in [6.07, 6.45) is -5.46. The van der Waals surface area contributed by atoms with E-state index in [2.05, 4.69) is 0 Å². The summed E-state index contributed by atoms with van der Waals surface area (Å²) in [5, 5.41) is 0. The Hall–Kier alpha value is -0.0800. The van der Waals surface area contributed by atoms with Crippen LogP contribution in [0.15, 0.2) is 0 Å². The van der Waals surface area contributed by atoms with Gasteiger partial charge in [0.25, 0.3) is 0 Å². The molecule has 0 radical (unpaired) electrons. The SMILES string of the molecule is [2H]C(C)C([2H])([2H])C([2H])(N)N. The van der Waals surface area contributed by atoms with Crippen LogP contribution in [0.25, 0.3) is 0 Å². The largest absolute Gasteiger partial charge is 0.316 e. The van der Waals surface area contributed by atoms with Crippen molar-refractivity contribution in [2.24, 2.45) is 11.5 Å². The molecule has 0 aliphatic rings. The summed E-state index contributed by atoms with van der Waals surface area (Å²) < 4.78 is 28.1. The van der Waals surface area contributed by atoms with Crippen molar-refractivity contribution in [2.45, 2.75) is 25.8 Å². The van der Waals surface area contributed by atoms with Gasteiger partial charge in [-0.2, -0.15) is 0 Å². The molecule has 0 aromatic rings. The number of rotatable bonds is 2. The smallest absolute Gasteiger partial charge is 0.0631 e. The Morgan fingerprint density at radius 3 is 2.50 bits per heavy atom. The van der Waals surface area contributed by atoms with Gasteiger partial charge in [-0.15, -0.1) is 0 Å². The second kappa shape index (κ2) is 3.12. The lowest BCUT2D eigenvalue weighted by Crippen LogP contribution is -2.29. The highest BCUT2D eigenvalue weighted by atomic mass is 14.8. The predicted octanol–water partition coefficient (Wildman–Crippen LogP) is 0.0300. The maximum Gasteiger partial charge on any atom is 0.0631 e. The highest BCUT2D eigenvalue weighted by Gasteiger charge is 1.85. The zero-order valence-electron chi connectivity index (χ0n) is 7.73. The van der Waals surface area contributed by atoms with Gasteiger partial charge in [-0.1, -0.05) is 13.3 Å². The lowest BCUT2D eigenvalue weighted by Gasteiger charge is -1.97. The predicted molar refractivity (Wildman–Crippen MR) is 27.1 cm³/mol. The van der Waals surface area contributed by atoms with Crippen molar-refractivity contribution in [3.8, 4) is 0 Å². The monoisotopic (exact) mass is 92.1 g/mol. The molecule has 2 heteroatoms. The third-order valence-electron chi connectivity index (χ3n) is 0.311. The Bertz CT molecular complexity index is 117. The topological polar surface area (TPSA) is 52.0 Å². The normalized spacial score (nSPS) is 29.2. The third-order valence-corrected chi connectivity index (χ3v) is 0.311. The zero-order valence-corrected chi connectivity index (χ0v) is 3.73. The molecule has 0 rings (SSSR count). The van der Waals surface area contributed by atoms with Crippen LogP contribution in [0.5, 0.6) is 0 Å². The summed E-state index contributed by atoms with van der Waals surface area (Å²) in [5.41, 5.74) is 9.93. The van der Waals surface area contributed by atoms with Crippen LogP contribution in [0.3, 0.4) is 0 Å². The van der Waals surface area contributed by atoms with Gasteiger partial charge in [0.1, 0.15) is 0 Å². The molecule has 0 aliphatic carbocycles. The van der Waals surface area contributed by atoms with E-state index in [1.807, 2.05) is 0 Å². The maximum atomic E-state index is 7.07. The molecule has 0 amide bonds. The molecule has 0 saturated carbocycles. The van der Waals surface area contributed by atoms with Gasteiger partial charge >= 0.3 is 0 Å². The van der Waals surface area contributed by atoms with E-state index < -0.39 is 18.9 Å². The second-order valence-corrected chi connectivity index (χ2v) is 0.888. The van der Waals surface area contributed by atoms with Gasteiger partial charge in [-0.25, -0.2) is 0 Å². The van der Waals surface area contributed by atoms with Gasteiger partial charge in [-0.05, 0) is 6.37 Å². The van der Waals surface area contributed by atoms with Crippen molar-refractivity contribution < 1.29 is 5.48 Å².